The molecule has 0 aliphatic heterocycles. The van der Waals surface area contributed by atoms with Crippen molar-refractivity contribution in [2.24, 2.45) is 5.92 Å². The van der Waals surface area contributed by atoms with Crippen LogP contribution in [0, 0.1) is 12.8 Å². The van der Waals surface area contributed by atoms with E-state index < -0.39 is 0 Å². The zero-order chi connectivity index (χ0) is 19.8. The molecule has 1 saturated carbocycles. The smallest absolute Gasteiger partial charge is 0.157 e. The molecule has 0 radical (unpaired) electrons. The standard InChI is InChI=1S/C24H29N5/c1-15-8-9-20-19(12-15)21(18-10-11-25-16(2)13-18)22(24-26-14-27-29-24)23(28-20)17-6-4-3-5-7-17/h10-11,13-15,17H,3-9,12H2,1-2H3,(H,26,27,29). The Morgan fingerprint density at radius 3 is 2.66 bits per heavy atom. The molecular formula is C24H29N5. The van der Waals surface area contributed by atoms with Crippen molar-refractivity contribution < 1.29 is 0 Å². The first kappa shape index (κ1) is 18.5. The van der Waals surface area contributed by atoms with Gasteiger partial charge in [-0.3, -0.25) is 15.1 Å². The number of nitrogens with zero attached hydrogens (tertiary/aromatic N) is 4. The molecule has 5 heteroatoms. The number of aromatic amines is 1. The maximum Gasteiger partial charge on any atom is 0.157 e. The Labute approximate surface area is 172 Å². The van der Waals surface area contributed by atoms with Gasteiger partial charge in [0.2, 0.25) is 0 Å². The van der Waals surface area contributed by atoms with Gasteiger partial charge in [0.25, 0.3) is 0 Å². The summed E-state index contributed by atoms with van der Waals surface area (Å²) in [6.45, 7) is 4.42. The van der Waals surface area contributed by atoms with Gasteiger partial charge in [-0.1, -0.05) is 26.2 Å². The molecule has 3 heterocycles. The van der Waals surface area contributed by atoms with E-state index in [2.05, 4.69) is 46.1 Å². The number of rotatable bonds is 3. The van der Waals surface area contributed by atoms with Gasteiger partial charge < -0.3 is 0 Å². The van der Waals surface area contributed by atoms with Crippen LogP contribution in [0.2, 0.25) is 0 Å². The van der Waals surface area contributed by atoms with Gasteiger partial charge in [-0.15, -0.1) is 0 Å². The largest absolute Gasteiger partial charge is 0.262 e. The summed E-state index contributed by atoms with van der Waals surface area (Å²) in [7, 11) is 0. The van der Waals surface area contributed by atoms with Crippen molar-refractivity contribution in [2.45, 2.75) is 71.1 Å². The van der Waals surface area contributed by atoms with Crippen molar-refractivity contribution in [1.29, 1.82) is 0 Å². The Bertz CT molecular complexity index is 1000. The Hall–Kier alpha value is -2.56. The third kappa shape index (κ3) is 3.47. The fourth-order valence-electron chi connectivity index (χ4n) is 5.21. The second kappa shape index (κ2) is 7.69. The monoisotopic (exact) mass is 387 g/mol. The number of pyridine rings is 2. The fraction of sp³-hybridized carbons (Fsp3) is 0.500. The quantitative estimate of drug-likeness (QED) is 0.652. The van der Waals surface area contributed by atoms with Gasteiger partial charge in [0.1, 0.15) is 6.33 Å². The lowest BCUT2D eigenvalue weighted by molar-refractivity contribution is 0.433. The van der Waals surface area contributed by atoms with Gasteiger partial charge in [-0.2, -0.15) is 5.10 Å². The Morgan fingerprint density at radius 1 is 1.03 bits per heavy atom. The third-order valence-electron chi connectivity index (χ3n) is 6.67. The molecule has 0 aromatic carbocycles. The molecule has 0 amide bonds. The number of H-pyrrole nitrogens is 1. The van der Waals surface area contributed by atoms with Crippen LogP contribution in [0.5, 0.6) is 0 Å². The van der Waals surface area contributed by atoms with Crippen LogP contribution in [-0.2, 0) is 12.8 Å². The van der Waals surface area contributed by atoms with Crippen molar-refractivity contribution in [1.82, 2.24) is 25.1 Å². The number of hydrogen-bond acceptors (Lipinski definition) is 4. The third-order valence-corrected chi connectivity index (χ3v) is 6.67. The number of hydrogen-bond donors (Lipinski definition) is 1. The highest BCUT2D eigenvalue weighted by Gasteiger charge is 2.30. The van der Waals surface area contributed by atoms with Crippen LogP contribution >= 0.6 is 0 Å². The predicted octanol–water partition coefficient (Wildman–Crippen LogP) is 5.41. The van der Waals surface area contributed by atoms with Gasteiger partial charge in [0.15, 0.2) is 5.82 Å². The van der Waals surface area contributed by atoms with E-state index in [9.17, 15) is 0 Å². The second-order valence-electron chi connectivity index (χ2n) is 8.88. The average molecular weight is 388 g/mol. The van der Waals surface area contributed by atoms with E-state index in [0.717, 1.165) is 24.4 Å². The molecule has 1 unspecified atom stereocenters. The first-order valence-electron chi connectivity index (χ1n) is 11.0. The van der Waals surface area contributed by atoms with E-state index >= 15 is 0 Å². The minimum Gasteiger partial charge on any atom is -0.262 e. The molecule has 5 rings (SSSR count). The Kier molecular flexibility index (Phi) is 4.90. The van der Waals surface area contributed by atoms with Gasteiger partial charge in [-0.05, 0) is 73.8 Å². The molecular weight excluding hydrogens is 358 g/mol. The predicted molar refractivity (Wildman–Crippen MR) is 115 cm³/mol. The number of nitrogens with one attached hydrogen (secondary N) is 1. The average Bonchev–Trinajstić information content (AvgIpc) is 3.27. The van der Waals surface area contributed by atoms with E-state index in [0.29, 0.717) is 11.8 Å². The van der Waals surface area contributed by atoms with Gasteiger partial charge in [0.05, 0.1) is 5.69 Å². The van der Waals surface area contributed by atoms with Crippen molar-refractivity contribution in [3.8, 4) is 22.5 Å². The van der Waals surface area contributed by atoms with E-state index in [1.165, 1.54) is 72.2 Å². The molecule has 2 aliphatic carbocycles. The van der Waals surface area contributed by atoms with Crippen LogP contribution < -0.4 is 0 Å². The lowest BCUT2D eigenvalue weighted by atomic mass is 9.78. The van der Waals surface area contributed by atoms with E-state index in [1.807, 2.05) is 6.20 Å². The topological polar surface area (TPSA) is 67.3 Å². The van der Waals surface area contributed by atoms with E-state index in [1.54, 1.807) is 6.33 Å². The van der Waals surface area contributed by atoms with Gasteiger partial charge in [-0.25, -0.2) is 4.98 Å². The second-order valence-corrected chi connectivity index (χ2v) is 8.88. The molecule has 3 aromatic heterocycles. The summed E-state index contributed by atoms with van der Waals surface area (Å²) in [4.78, 5) is 14.4. The molecule has 3 aromatic rings. The highest BCUT2D eigenvalue weighted by molar-refractivity contribution is 5.85. The zero-order valence-corrected chi connectivity index (χ0v) is 17.4. The van der Waals surface area contributed by atoms with Crippen molar-refractivity contribution in [3.63, 3.8) is 0 Å². The summed E-state index contributed by atoms with van der Waals surface area (Å²) >= 11 is 0. The van der Waals surface area contributed by atoms with Gasteiger partial charge in [0, 0.05) is 29.1 Å². The molecule has 1 N–H and O–H groups in total. The van der Waals surface area contributed by atoms with Crippen LogP contribution in [0.25, 0.3) is 22.5 Å². The molecule has 150 valence electrons. The highest BCUT2D eigenvalue weighted by atomic mass is 15.2. The molecule has 1 atom stereocenters. The normalized spacial score (nSPS) is 19.9. The minimum atomic E-state index is 0.509. The number of aromatic nitrogens is 5. The summed E-state index contributed by atoms with van der Waals surface area (Å²) in [6.07, 6.45) is 13.3. The van der Waals surface area contributed by atoms with Crippen molar-refractivity contribution in [2.75, 3.05) is 0 Å². The van der Waals surface area contributed by atoms with Crippen LogP contribution in [0.3, 0.4) is 0 Å². The molecule has 0 saturated heterocycles. The highest BCUT2D eigenvalue weighted by Crippen LogP contribution is 2.45. The number of aryl methyl sites for hydroxylation is 2. The Morgan fingerprint density at radius 2 is 1.90 bits per heavy atom. The van der Waals surface area contributed by atoms with Crippen molar-refractivity contribution in [3.05, 3.63) is 47.3 Å². The Balaban J connectivity index is 1.81. The summed E-state index contributed by atoms with van der Waals surface area (Å²) in [5.74, 6) is 2.04. The summed E-state index contributed by atoms with van der Waals surface area (Å²) in [5, 5.41) is 7.35. The molecule has 0 spiro atoms. The van der Waals surface area contributed by atoms with Crippen molar-refractivity contribution >= 4 is 0 Å². The van der Waals surface area contributed by atoms with Crippen LogP contribution in [0.15, 0.2) is 24.7 Å². The zero-order valence-electron chi connectivity index (χ0n) is 17.4. The first-order valence-corrected chi connectivity index (χ1v) is 11.0. The molecule has 5 nitrogen and oxygen atoms in total. The SMILES string of the molecule is Cc1cc(-c2c3c(nc(C4CCCCC4)c2-c2ncn[nH]2)CCC(C)C3)ccn1. The minimum absolute atomic E-state index is 0.509. The van der Waals surface area contributed by atoms with E-state index in [-0.39, 0.29) is 0 Å². The number of fused-ring (bicyclic) bond motifs is 1. The summed E-state index contributed by atoms with van der Waals surface area (Å²) in [5.41, 5.74) is 8.70. The van der Waals surface area contributed by atoms with Gasteiger partial charge >= 0.3 is 0 Å². The van der Waals surface area contributed by atoms with E-state index in [4.69, 9.17) is 4.98 Å². The lowest BCUT2D eigenvalue weighted by Gasteiger charge is -2.30. The summed E-state index contributed by atoms with van der Waals surface area (Å²) < 4.78 is 0. The molecule has 0 bridgehead atoms. The maximum absolute atomic E-state index is 5.33. The van der Waals surface area contributed by atoms with Crippen LogP contribution in [0.1, 0.15) is 74.0 Å². The van der Waals surface area contributed by atoms with Crippen LogP contribution in [-0.4, -0.2) is 25.1 Å². The maximum atomic E-state index is 5.33. The first-order chi connectivity index (χ1) is 14.2. The van der Waals surface area contributed by atoms with Crippen LogP contribution in [0.4, 0.5) is 0 Å². The summed E-state index contributed by atoms with van der Waals surface area (Å²) in [6, 6.07) is 4.35. The molecule has 1 fully saturated rings. The fourth-order valence-corrected chi connectivity index (χ4v) is 5.21. The molecule has 29 heavy (non-hydrogen) atoms. The molecule has 2 aliphatic rings. The lowest BCUT2D eigenvalue weighted by Crippen LogP contribution is -2.19.